The van der Waals surface area contributed by atoms with Gasteiger partial charge in [0.1, 0.15) is 6.10 Å². The Hall–Kier alpha value is -1.65. The zero-order valence-corrected chi connectivity index (χ0v) is 10.3. The molecule has 1 aromatic rings. The molecule has 1 saturated carbocycles. The summed E-state index contributed by atoms with van der Waals surface area (Å²) in [6.45, 7) is 1.49. The van der Waals surface area contributed by atoms with Crippen LogP contribution in [0.25, 0.3) is 0 Å². The molecule has 1 saturated heterocycles. The van der Waals surface area contributed by atoms with Crippen molar-refractivity contribution in [2.75, 3.05) is 13.1 Å². The summed E-state index contributed by atoms with van der Waals surface area (Å²) in [6, 6.07) is 0. The zero-order chi connectivity index (χ0) is 12.4. The second-order valence-electron chi connectivity index (χ2n) is 4.98. The molecule has 1 aliphatic heterocycles. The predicted molar refractivity (Wildman–Crippen MR) is 65.0 cm³/mol. The van der Waals surface area contributed by atoms with Gasteiger partial charge in [-0.1, -0.05) is 6.42 Å². The standard InChI is InChI=1S/C13H17N3O2/c17-13(10-2-1-3-10)16-7-4-11(9-16)18-12-8-14-5-6-15-12/h5-6,8,10-11H,1-4,7,9H2. The first-order valence-corrected chi connectivity index (χ1v) is 6.54. The van der Waals surface area contributed by atoms with E-state index in [0.717, 1.165) is 25.8 Å². The minimum absolute atomic E-state index is 0.0609. The lowest BCUT2D eigenvalue weighted by molar-refractivity contribution is -0.137. The molecule has 1 amide bonds. The van der Waals surface area contributed by atoms with Crippen LogP contribution in [0.2, 0.25) is 0 Å². The molecule has 1 unspecified atom stereocenters. The lowest BCUT2D eigenvalue weighted by atomic mass is 9.84. The van der Waals surface area contributed by atoms with Gasteiger partial charge in [-0.2, -0.15) is 0 Å². The maximum absolute atomic E-state index is 12.1. The van der Waals surface area contributed by atoms with E-state index >= 15 is 0 Å². The first-order valence-electron chi connectivity index (χ1n) is 6.54. The molecule has 0 spiro atoms. The lowest BCUT2D eigenvalue weighted by Crippen LogP contribution is -2.38. The fourth-order valence-corrected chi connectivity index (χ4v) is 2.46. The molecule has 0 aromatic carbocycles. The molecule has 3 rings (SSSR count). The number of carbonyl (C=O) groups is 1. The van der Waals surface area contributed by atoms with Crippen molar-refractivity contribution in [3.63, 3.8) is 0 Å². The molecule has 0 N–H and O–H groups in total. The Morgan fingerprint density at radius 3 is 2.89 bits per heavy atom. The second-order valence-corrected chi connectivity index (χ2v) is 4.98. The molecule has 5 heteroatoms. The van der Waals surface area contributed by atoms with Gasteiger partial charge < -0.3 is 9.64 Å². The van der Waals surface area contributed by atoms with Gasteiger partial charge in [0.15, 0.2) is 0 Å². The third kappa shape index (κ3) is 2.30. The van der Waals surface area contributed by atoms with Gasteiger partial charge in [-0.05, 0) is 12.8 Å². The van der Waals surface area contributed by atoms with Gasteiger partial charge in [-0.3, -0.25) is 9.78 Å². The van der Waals surface area contributed by atoms with Crippen LogP contribution in [-0.2, 0) is 4.79 Å². The number of nitrogens with zero attached hydrogens (tertiary/aromatic N) is 3. The highest BCUT2D eigenvalue weighted by Crippen LogP contribution is 2.29. The van der Waals surface area contributed by atoms with Crippen molar-refractivity contribution in [2.45, 2.75) is 31.8 Å². The monoisotopic (exact) mass is 247 g/mol. The third-order valence-electron chi connectivity index (χ3n) is 3.74. The number of carbonyl (C=O) groups excluding carboxylic acids is 1. The van der Waals surface area contributed by atoms with E-state index in [0.29, 0.717) is 18.3 Å². The van der Waals surface area contributed by atoms with Crippen LogP contribution in [-0.4, -0.2) is 40.0 Å². The average Bonchev–Trinajstić information content (AvgIpc) is 2.76. The molecular weight excluding hydrogens is 230 g/mol. The summed E-state index contributed by atoms with van der Waals surface area (Å²) in [4.78, 5) is 22.1. The number of amides is 1. The van der Waals surface area contributed by atoms with Crippen LogP contribution in [0.3, 0.4) is 0 Å². The topological polar surface area (TPSA) is 55.3 Å². The lowest BCUT2D eigenvalue weighted by Gasteiger charge is -2.29. The summed E-state index contributed by atoms with van der Waals surface area (Å²) in [5.41, 5.74) is 0. The van der Waals surface area contributed by atoms with Crippen LogP contribution in [0.5, 0.6) is 5.88 Å². The van der Waals surface area contributed by atoms with Crippen molar-refractivity contribution in [3.8, 4) is 5.88 Å². The van der Waals surface area contributed by atoms with Gasteiger partial charge in [0, 0.05) is 31.3 Å². The predicted octanol–water partition coefficient (Wildman–Crippen LogP) is 1.26. The van der Waals surface area contributed by atoms with Gasteiger partial charge in [-0.25, -0.2) is 4.98 Å². The minimum Gasteiger partial charge on any atom is -0.471 e. The van der Waals surface area contributed by atoms with E-state index in [1.54, 1.807) is 18.6 Å². The van der Waals surface area contributed by atoms with E-state index in [2.05, 4.69) is 9.97 Å². The highest BCUT2D eigenvalue weighted by Gasteiger charge is 2.34. The maximum Gasteiger partial charge on any atom is 0.232 e. The Kier molecular flexibility index (Phi) is 3.13. The van der Waals surface area contributed by atoms with E-state index in [1.807, 2.05) is 4.90 Å². The molecular formula is C13H17N3O2. The van der Waals surface area contributed by atoms with Crippen LogP contribution >= 0.6 is 0 Å². The first-order chi connectivity index (χ1) is 8.83. The third-order valence-corrected chi connectivity index (χ3v) is 3.74. The molecule has 1 aliphatic carbocycles. The molecule has 2 fully saturated rings. The Labute approximate surface area is 106 Å². The number of hydrogen-bond acceptors (Lipinski definition) is 4. The molecule has 2 heterocycles. The molecule has 18 heavy (non-hydrogen) atoms. The number of likely N-dealkylation sites (tertiary alicyclic amines) is 1. The van der Waals surface area contributed by atoms with Gasteiger partial charge in [-0.15, -0.1) is 0 Å². The highest BCUT2D eigenvalue weighted by molar-refractivity contribution is 5.79. The van der Waals surface area contributed by atoms with Gasteiger partial charge >= 0.3 is 0 Å². The number of rotatable bonds is 3. The number of hydrogen-bond donors (Lipinski definition) is 0. The molecule has 5 nitrogen and oxygen atoms in total. The van der Waals surface area contributed by atoms with Crippen molar-refractivity contribution in [1.82, 2.24) is 14.9 Å². The largest absolute Gasteiger partial charge is 0.471 e. The molecule has 0 radical (unpaired) electrons. The van der Waals surface area contributed by atoms with Crippen molar-refractivity contribution in [1.29, 1.82) is 0 Å². The van der Waals surface area contributed by atoms with Crippen molar-refractivity contribution in [2.24, 2.45) is 5.92 Å². The van der Waals surface area contributed by atoms with E-state index in [9.17, 15) is 4.79 Å². The van der Waals surface area contributed by atoms with E-state index in [1.165, 1.54) is 6.42 Å². The highest BCUT2D eigenvalue weighted by atomic mass is 16.5. The summed E-state index contributed by atoms with van der Waals surface area (Å²) in [7, 11) is 0. The smallest absolute Gasteiger partial charge is 0.232 e. The van der Waals surface area contributed by atoms with Crippen LogP contribution in [0.4, 0.5) is 0 Å². The zero-order valence-electron chi connectivity index (χ0n) is 10.3. The SMILES string of the molecule is O=C(C1CCC1)N1CCC(Oc2cnccn2)C1. The Bertz CT molecular complexity index is 420. The molecule has 96 valence electrons. The van der Waals surface area contributed by atoms with E-state index in [4.69, 9.17) is 4.74 Å². The van der Waals surface area contributed by atoms with Crippen molar-refractivity contribution < 1.29 is 9.53 Å². The number of ether oxygens (including phenoxy) is 1. The maximum atomic E-state index is 12.1. The van der Waals surface area contributed by atoms with Crippen LogP contribution in [0, 0.1) is 5.92 Å². The quantitative estimate of drug-likeness (QED) is 0.806. The normalized spacial score (nSPS) is 23.8. The molecule has 2 aliphatic rings. The summed E-state index contributed by atoms with van der Waals surface area (Å²) < 4.78 is 5.72. The van der Waals surface area contributed by atoms with E-state index in [-0.39, 0.29) is 12.0 Å². The second kappa shape index (κ2) is 4.92. The Balaban J connectivity index is 1.53. The van der Waals surface area contributed by atoms with Gasteiger partial charge in [0.25, 0.3) is 0 Å². The van der Waals surface area contributed by atoms with Crippen LogP contribution in [0.1, 0.15) is 25.7 Å². The van der Waals surface area contributed by atoms with E-state index < -0.39 is 0 Å². The summed E-state index contributed by atoms with van der Waals surface area (Å²) in [5, 5.41) is 0. The summed E-state index contributed by atoms with van der Waals surface area (Å²) in [6.07, 6.45) is 9.10. The first kappa shape index (κ1) is 11.4. The summed E-state index contributed by atoms with van der Waals surface area (Å²) in [5.74, 6) is 1.13. The molecule has 1 aromatic heterocycles. The minimum atomic E-state index is 0.0609. The average molecular weight is 247 g/mol. The van der Waals surface area contributed by atoms with Crippen LogP contribution in [0.15, 0.2) is 18.6 Å². The van der Waals surface area contributed by atoms with Crippen molar-refractivity contribution >= 4 is 5.91 Å². The fourth-order valence-electron chi connectivity index (χ4n) is 2.46. The Morgan fingerprint density at radius 1 is 1.33 bits per heavy atom. The van der Waals surface area contributed by atoms with Gasteiger partial charge in [0.2, 0.25) is 11.8 Å². The van der Waals surface area contributed by atoms with Crippen LogP contribution < -0.4 is 4.74 Å². The summed E-state index contributed by atoms with van der Waals surface area (Å²) >= 11 is 0. The Morgan fingerprint density at radius 2 is 2.22 bits per heavy atom. The van der Waals surface area contributed by atoms with Gasteiger partial charge in [0.05, 0.1) is 12.7 Å². The molecule has 0 bridgehead atoms. The number of aromatic nitrogens is 2. The van der Waals surface area contributed by atoms with Crippen molar-refractivity contribution in [3.05, 3.63) is 18.6 Å². The fraction of sp³-hybridized carbons (Fsp3) is 0.615. The molecule has 1 atom stereocenters.